The summed E-state index contributed by atoms with van der Waals surface area (Å²) < 4.78 is 0. The number of H-pyrrole nitrogens is 1. The molecule has 0 spiro atoms. The molecule has 3 heterocycles. The maximum absolute atomic E-state index is 6.72. The van der Waals surface area contributed by atoms with Gasteiger partial charge in [-0.05, 0) is 30.7 Å². The van der Waals surface area contributed by atoms with E-state index in [0.29, 0.717) is 11.6 Å². The number of hydrogen-bond acceptors (Lipinski definition) is 5. The number of nitrogens with one attached hydrogen (secondary N) is 1. The quantitative estimate of drug-likeness (QED) is 0.714. The number of benzene rings is 1. The van der Waals surface area contributed by atoms with E-state index in [0.717, 1.165) is 47.1 Å². The first-order valence-corrected chi connectivity index (χ1v) is 9.19. The molecule has 1 saturated heterocycles. The average Bonchev–Trinajstić information content (AvgIpc) is 3.19. The second-order valence-electron chi connectivity index (χ2n) is 6.92. The van der Waals surface area contributed by atoms with Gasteiger partial charge in [0.05, 0.1) is 15.9 Å². The molecule has 0 aliphatic carbocycles. The van der Waals surface area contributed by atoms with E-state index < -0.39 is 0 Å². The number of nitrogens with two attached hydrogens (primary N) is 1. The third-order valence-corrected chi connectivity index (χ3v) is 5.46. The Morgan fingerprint density at radius 1 is 1.27 bits per heavy atom. The second-order valence-corrected chi connectivity index (χ2v) is 7.77. The number of anilines is 2. The van der Waals surface area contributed by atoms with E-state index in [1.165, 1.54) is 0 Å². The number of likely N-dealkylation sites (N-methyl/N-ethyl adjacent to an activating group) is 1. The van der Waals surface area contributed by atoms with Gasteiger partial charge in [0.1, 0.15) is 17.8 Å². The summed E-state index contributed by atoms with van der Waals surface area (Å²) in [6.45, 7) is 2.28. The van der Waals surface area contributed by atoms with Crippen molar-refractivity contribution in [2.24, 2.45) is 5.73 Å². The van der Waals surface area contributed by atoms with Crippen molar-refractivity contribution in [1.29, 1.82) is 0 Å². The molecule has 26 heavy (non-hydrogen) atoms. The lowest BCUT2D eigenvalue weighted by Crippen LogP contribution is -2.51. The number of hydrogen-bond donors (Lipinski definition) is 2. The summed E-state index contributed by atoms with van der Waals surface area (Å²) in [5, 5.41) is 2.21. The zero-order valence-corrected chi connectivity index (χ0v) is 15.9. The first-order chi connectivity index (χ1) is 12.5. The highest BCUT2D eigenvalue weighted by atomic mass is 35.5. The van der Waals surface area contributed by atoms with Gasteiger partial charge in [-0.15, -0.1) is 0 Å². The first-order valence-electron chi connectivity index (χ1n) is 8.43. The summed E-state index contributed by atoms with van der Waals surface area (Å²) in [7, 11) is 2.05. The number of rotatable bonds is 4. The van der Waals surface area contributed by atoms with Gasteiger partial charge in [0, 0.05) is 43.6 Å². The molecule has 1 unspecified atom stereocenters. The minimum Gasteiger partial charge on any atom is -0.373 e. The topological polar surface area (TPSA) is 74.1 Å². The van der Waals surface area contributed by atoms with Gasteiger partial charge in [-0.1, -0.05) is 23.2 Å². The molecular weight excluding hydrogens is 371 g/mol. The Kier molecular flexibility index (Phi) is 4.42. The van der Waals surface area contributed by atoms with Crippen LogP contribution in [0.3, 0.4) is 0 Å². The van der Waals surface area contributed by atoms with Crippen LogP contribution < -0.4 is 15.5 Å². The van der Waals surface area contributed by atoms with Crippen LogP contribution >= 0.6 is 23.2 Å². The van der Waals surface area contributed by atoms with Gasteiger partial charge in [-0.3, -0.25) is 0 Å². The highest BCUT2D eigenvalue weighted by molar-refractivity contribution is 6.36. The van der Waals surface area contributed by atoms with Crippen molar-refractivity contribution in [2.75, 3.05) is 36.5 Å². The third kappa shape index (κ3) is 3.20. The lowest BCUT2D eigenvalue weighted by molar-refractivity contribution is 0.474. The summed E-state index contributed by atoms with van der Waals surface area (Å²) in [5.74, 6) is 0.836. The SMILES string of the molecule is CN(CC1(N)CCN(c2ncnc3[nH]cc(Cl)c23)C1)c1ccc(Cl)cc1. The van der Waals surface area contributed by atoms with Crippen LogP contribution in [0.15, 0.2) is 36.8 Å². The van der Waals surface area contributed by atoms with Gasteiger partial charge in [-0.2, -0.15) is 0 Å². The Hall–Kier alpha value is -2.02. The molecule has 1 aromatic carbocycles. The summed E-state index contributed by atoms with van der Waals surface area (Å²) >= 11 is 12.3. The highest BCUT2D eigenvalue weighted by Gasteiger charge is 2.37. The summed E-state index contributed by atoms with van der Waals surface area (Å²) in [5.41, 5.74) is 8.22. The van der Waals surface area contributed by atoms with E-state index in [1.54, 1.807) is 12.5 Å². The third-order valence-electron chi connectivity index (χ3n) is 4.91. The molecule has 0 bridgehead atoms. The Balaban J connectivity index is 1.53. The Bertz CT molecular complexity index is 925. The maximum Gasteiger partial charge on any atom is 0.144 e. The molecule has 0 saturated carbocycles. The minimum absolute atomic E-state index is 0.339. The number of aromatic nitrogens is 3. The van der Waals surface area contributed by atoms with Gasteiger partial charge in [0.2, 0.25) is 0 Å². The van der Waals surface area contributed by atoms with Crippen molar-refractivity contribution >= 4 is 45.7 Å². The zero-order chi connectivity index (χ0) is 18.3. The van der Waals surface area contributed by atoms with Crippen LogP contribution in [0, 0.1) is 0 Å². The smallest absolute Gasteiger partial charge is 0.144 e. The Labute approximate surface area is 161 Å². The van der Waals surface area contributed by atoms with Gasteiger partial charge in [-0.25, -0.2) is 9.97 Å². The fourth-order valence-corrected chi connectivity index (χ4v) is 3.97. The van der Waals surface area contributed by atoms with Crippen LogP contribution in [0.2, 0.25) is 10.0 Å². The van der Waals surface area contributed by atoms with Crippen LogP contribution in [0.5, 0.6) is 0 Å². The first kappa shape index (κ1) is 17.4. The second kappa shape index (κ2) is 6.61. The molecule has 136 valence electrons. The lowest BCUT2D eigenvalue weighted by atomic mass is 9.99. The Morgan fingerprint density at radius 2 is 2.04 bits per heavy atom. The van der Waals surface area contributed by atoms with Crippen LogP contribution in [-0.2, 0) is 0 Å². The molecule has 0 amide bonds. The molecule has 0 radical (unpaired) electrons. The van der Waals surface area contributed by atoms with E-state index in [4.69, 9.17) is 28.9 Å². The van der Waals surface area contributed by atoms with E-state index in [9.17, 15) is 0 Å². The molecule has 2 aromatic heterocycles. The highest BCUT2D eigenvalue weighted by Crippen LogP contribution is 2.33. The maximum atomic E-state index is 6.72. The number of halogens is 2. The fraction of sp³-hybridized carbons (Fsp3) is 0.333. The molecule has 1 atom stereocenters. The summed E-state index contributed by atoms with van der Waals surface area (Å²) in [4.78, 5) is 16.1. The van der Waals surface area contributed by atoms with Crippen LogP contribution in [-0.4, -0.2) is 47.2 Å². The number of nitrogens with zero attached hydrogens (tertiary/aromatic N) is 4. The minimum atomic E-state index is -0.339. The molecule has 4 rings (SSSR count). The molecule has 1 aliphatic heterocycles. The summed E-state index contributed by atoms with van der Waals surface area (Å²) in [6, 6.07) is 7.80. The van der Waals surface area contributed by atoms with E-state index >= 15 is 0 Å². The molecule has 6 nitrogen and oxygen atoms in total. The van der Waals surface area contributed by atoms with Crippen molar-refractivity contribution in [2.45, 2.75) is 12.0 Å². The van der Waals surface area contributed by atoms with Crippen molar-refractivity contribution in [3.05, 3.63) is 46.8 Å². The van der Waals surface area contributed by atoms with Crippen molar-refractivity contribution in [3.8, 4) is 0 Å². The number of aromatic amines is 1. The van der Waals surface area contributed by atoms with Crippen molar-refractivity contribution < 1.29 is 0 Å². The van der Waals surface area contributed by atoms with Gasteiger partial charge in [0.25, 0.3) is 0 Å². The van der Waals surface area contributed by atoms with Crippen LogP contribution in [0.4, 0.5) is 11.5 Å². The van der Waals surface area contributed by atoms with Crippen molar-refractivity contribution in [1.82, 2.24) is 15.0 Å². The van der Waals surface area contributed by atoms with Crippen LogP contribution in [0.25, 0.3) is 11.0 Å². The van der Waals surface area contributed by atoms with Gasteiger partial charge >= 0.3 is 0 Å². The lowest BCUT2D eigenvalue weighted by Gasteiger charge is -2.31. The fourth-order valence-electron chi connectivity index (χ4n) is 3.61. The van der Waals surface area contributed by atoms with E-state index in [2.05, 4.69) is 24.8 Å². The monoisotopic (exact) mass is 390 g/mol. The molecule has 1 aliphatic rings. The standard InChI is InChI=1S/C18H20Cl2N6/c1-25(13-4-2-12(19)3-5-13)9-18(21)6-7-26(10-18)17-15-14(20)8-22-16(15)23-11-24-17/h2-5,8,11H,6-7,9-10,21H2,1H3,(H,22,23,24). The molecular formula is C18H20Cl2N6. The molecule has 3 aromatic rings. The van der Waals surface area contributed by atoms with Crippen LogP contribution in [0.1, 0.15) is 6.42 Å². The van der Waals surface area contributed by atoms with E-state index in [-0.39, 0.29) is 5.54 Å². The molecule has 3 N–H and O–H groups in total. The average molecular weight is 391 g/mol. The van der Waals surface area contributed by atoms with Gasteiger partial charge in [0.15, 0.2) is 0 Å². The van der Waals surface area contributed by atoms with E-state index in [1.807, 2.05) is 31.3 Å². The molecule has 1 fully saturated rings. The molecule has 8 heteroatoms. The Morgan fingerprint density at radius 3 is 2.81 bits per heavy atom. The predicted octanol–water partition coefficient (Wildman–Crippen LogP) is 3.31. The zero-order valence-electron chi connectivity index (χ0n) is 14.4. The normalized spacial score (nSPS) is 20.1. The predicted molar refractivity (Wildman–Crippen MR) is 107 cm³/mol. The van der Waals surface area contributed by atoms with Gasteiger partial charge < -0.3 is 20.5 Å². The number of fused-ring (bicyclic) bond motifs is 1. The summed E-state index contributed by atoms with van der Waals surface area (Å²) in [6.07, 6.45) is 4.17. The largest absolute Gasteiger partial charge is 0.373 e. The van der Waals surface area contributed by atoms with Crippen molar-refractivity contribution in [3.63, 3.8) is 0 Å².